The molecule has 2 fully saturated rings. The third kappa shape index (κ3) is 3.77. The topological polar surface area (TPSA) is 19.4 Å². The maximum Gasteiger partial charge on any atom is 0.128 e. The third-order valence-electron chi connectivity index (χ3n) is 5.38. The number of hydrogen-bond acceptors (Lipinski definition) is 4. The van der Waals surface area contributed by atoms with Crippen LogP contribution in [0.4, 0.5) is 5.82 Å². The van der Waals surface area contributed by atoms with Crippen molar-refractivity contribution >= 4 is 17.6 Å². The number of aromatic nitrogens is 1. The van der Waals surface area contributed by atoms with Gasteiger partial charge in [0, 0.05) is 31.1 Å². The lowest BCUT2D eigenvalue weighted by molar-refractivity contribution is 0.167. The van der Waals surface area contributed by atoms with Crippen molar-refractivity contribution in [2.45, 2.75) is 44.4 Å². The molecular formula is C18H29N3S. The highest BCUT2D eigenvalue weighted by molar-refractivity contribution is 7.97. The van der Waals surface area contributed by atoms with Gasteiger partial charge in [0.2, 0.25) is 0 Å². The predicted octanol–water partition coefficient (Wildman–Crippen LogP) is 3.65. The van der Waals surface area contributed by atoms with Crippen LogP contribution >= 0.6 is 11.8 Å². The highest BCUT2D eigenvalue weighted by Crippen LogP contribution is 2.28. The van der Waals surface area contributed by atoms with Crippen LogP contribution < -0.4 is 4.90 Å². The molecule has 1 aromatic rings. The molecule has 0 radical (unpaired) electrons. The van der Waals surface area contributed by atoms with Crippen LogP contribution in [0, 0.1) is 5.92 Å². The first-order valence-electron chi connectivity index (χ1n) is 8.71. The van der Waals surface area contributed by atoms with Crippen molar-refractivity contribution in [3.05, 3.63) is 23.9 Å². The molecule has 0 aromatic carbocycles. The Hall–Kier alpha value is -0.740. The van der Waals surface area contributed by atoms with E-state index in [1.165, 1.54) is 44.3 Å². The summed E-state index contributed by atoms with van der Waals surface area (Å²) in [6.45, 7) is 7.41. The Morgan fingerprint density at radius 1 is 1.18 bits per heavy atom. The summed E-state index contributed by atoms with van der Waals surface area (Å²) in [5, 5.41) is 0. The first-order valence-corrected chi connectivity index (χ1v) is 10.1. The zero-order chi connectivity index (χ0) is 15.4. The van der Waals surface area contributed by atoms with Crippen molar-refractivity contribution in [2.75, 3.05) is 37.3 Å². The predicted molar refractivity (Wildman–Crippen MR) is 96.7 cm³/mol. The van der Waals surface area contributed by atoms with Gasteiger partial charge in [-0.15, -0.1) is 0 Å². The van der Waals surface area contributed by atoms with Gasteiger partial charge in [-0.2, -0.15) is 11.8 Å². The molecule has 1 atom stereocenters. The van der Waals surface area contributed by atoms with Crippen LogP contribution in [0.1, 0.15) is 38.2 Å². The van der Waals surface area contributed by atoms with Crippen LogP contribution in [-0.4, -0.2) is 48.4 Å². The molecule has 3 rings (SSSR count). The van der Waals surface area contributed by atoms with Gasteiger partial charge < -0.3 is 9.80 Å². The van der Waals surface area contributed by atoms with Crippen molar-refractivity contribution in [2.24, 2.45) is 5.92 Å². The van der Waals surface area contributed by atoms with Crippen molar-refractivity contribution in [1.29, 1.82) is 0 Å². The number of likely N-dealkylation sites (tertiary alicyclic amines) is 1. The van der Waals surface area contributed by atoms with Gasteiger partial charge in [0.25, 0.3) is 0 Å². The lowest BCUT2D eigenvalue weighted by Crippen LogP contribution is -2.43. The maximum absolute atomic E-state index is 4.67. The molecule has 0 unspecified atom stereocenters. The minimum atomic E-state index is 0.765. The molecule has 1 aromatic heterocycles. The van der Waals surface area contributed by atoms with E-state index < -0.39 is 0 Å². The summed E-state index contributed by atoms with van der Waals surface area (Å²) >= 11 is 1.85. The monoisotopic (exact) mass is 319 g/mol. The fourth-order valence-corrected chi connectivity index (χ4v) is 4.42. The van der Waals surface area contributed by atoms with E-state index in [1.54, 1.807) is 0 Å². The first kappa shape index (κ1) is 16.1. The number of hydrogen-bond donors (Lipinski definition) is 0. The number of rotatable bonds is 5. The first-order chi connectivity index (χ1) is 10.8. The number of nitrogens with zero attached hydrogens (tertiary/aromatic N) is 3. The molecule has 0 N–H and O–H groups in total. The Balaban J connectivity index is 1.52. The van der Waals surface area contributed by atoms with E-state index in [9.17, 15) is 0 Å². The van der Waals surface area contributed by atoms with Crippen LogP contribution in [-0.2, 0) is 5.75 Å². The van der Waals surface area contributed by atoms with E-state index in [0.29, 0.717) is 0 Å². The Labute approximate surface area is 139 Å². The Kier molecular flexibility index (Phi) is 5.64. The second-order valence-electron chi connectivity index (χ2n) is 6.77. The molecule has 0 saturated carbocycles. The van der Waals surface area contributed by atoms with Crippen LogP contribution in [0.3, 0.4) is 0 Å². The molecule has 122 valence electrons. The molecule has 0 spiro atoms. The second-order valence-corrected chi connectivity index (χ2v) is 7.63. The fraction of sp³-hybridized carbons (Fsp3) is 0.722. The summed E-state index contributed by atoms with van der Waals surface area (Å²) in [5.41, 5.74) is 1.33. The summed E-state index contributed by atoms with van der Waals surface area (Å²) in [4.78, 5) is 9.84. The van der Waals surface area contributed by atoms with Crippen molar-refractivity contribution in [3.8, 4) is 0 Å². The molecule has 3 heterocycles. The molecule has 0 bridgehead atoms. The minimum absolute atomic E-state index is 0.765. The summed E-state index contributed by atoms with van der Waals surface area (Å²) in [5.74, 6) is 3.09. The number of anilines is 1. The average molecular weight is 320 g/mol. The lowest BCUT2D eigenvalue weighted by Gasteiger charge is -2.38. The minimum Gasteiger partial charge on any atom is -0.357 e. The highest BCUT2D eigenvalue weighted by Gasteiger charge is 2.29. The standard InChI is InChI=1S/C18H29N3S/c1-15(20-9-3-4-10-20)17-7-11-21(12-8-17)18-6-5-16(13-19-18)14-22-2/h5-6,13,15,17H,3-4,7-12,14H2,1-2H3/t15-/m1/s1. The summed E-state index contributed by atoms with van der Waals surface area (Å²) < 4.78 is 0. The number of piperidine rings is 1. The normalized spacial score (nSPS) is 22.2. The molecule has 2 aliphatic heterocycles. The third-order valence-corrected chi connectivity index (χ3v) is 6.00. The van der Waals surface area contributed by atoms with Gasteiger partial charge in [0.1, 0.15) is 5.82 Å². The molecule has 2 aliphatic rings. The van der Waals surface area contributed by atoms with E-state index >= 15 is 0 Å². The Morgan fingerprint density at radius 2 is 1.91 bits per heavy atom. The Morgan fingerprint density at radius 3 is 2.50 bits per heavy atom. The van der Waals surface area contributed by atoms with E-state index in [-0.39, 0.29) is 0 Å². The summed E-state index contributed by atoms with van der Waals surface area (Å²) in [6, 6.07) is 5.20. The molecular weight excluding hydrogens is 290 g/mol. The van der Waals surface area contributed by atoms with Gasteiger partial charge in [-0.25, -0.2) is 4.98 Å². The largest absolute Gasteiger partial charge is 0.357 e. The maximum atomic E-state index is 4.67. The highest BCUT2D eigenvalue weighted by atomic mass is 32.2. The molecule has 0 aliphatic carbocycles. The number of thioether (sulfide) groups is 1. The molecule has 22 heavy (non-hydrogen) atoms. The van der Waals surface area contributed by atoms with Crippen LogP contribution in [0.15, 0.2) is 18.3 Å². The fourth-order valence-electron chi connectivity index (χ4n) is 3.91. The number of pyridine rings is 1. The zero-order valence-electron chi connectivity index (χ0n) is 14.0. The van der Waals surface area contributed by atoms with E-state index in [0.717, 1.165) is 36.6 Å². The Bertz CT molecular complexity index is 448. The van der Waals surface area contributed by atoms with Gasteiger partial charge in [-0.3, -0.25) is 0 Å². The summed E-state index contributed by atoms with van der Waals surface area (Å²) in [7, 11) is 0. The van der Waals surface area contributed by atoms with Gasteiger partial charge in [-0.05, 0) is 69.5 Å². The SMILES string of the molecule is CSCc1ccc(N2CCC([C@@H](C)N3CCCC3)CC2)nc1. The average Bonchev–Trinajstić information content (AvgIpc) is 3.10. The van der Waals surface area contributed by atoms with Crippen LogP contribution in [0.25, 0.3) is 0 Å². The smallest absolute Gasteiger partial charge is 0.128 e. The van der Waals surface area contributed by atoms with Crippen molar-refractivity contribution in [1.82, 2.24) is 9.88 Å². The molecule has 3 nitrogen and oxygen atoms in total. The molecule has 0 amide bonds. The van der Waals surface area contributed by atoms with Gasteiger partial charge in [0.15, 0.2) is 0 Å². The van der Waals surface area contributed by atoms with Crippen molar-refractivity contribution in [3.63, 3.8) is 0 Å². The van der Waals surface area contributed by atoms with Gasteiger partial charge >= 0.3 is 0 Å². The zero-order valence-corrected chi connectivity index (χ0v) is 14.8. The second kappa shape index (κ2) is 7.69. The summed E-state index contributed by atoms with van der Waals surface area (Å²) in [6.07, 6.45) is 9.60. The quantitative estimate of drug-likeness (QED) is 0.825. The van der Waals surface area contributed by atoms with Crippen LogP contribution in [0.5, 0.6) is 0 Å². The molecule has 2 saturated heterocycles. The van der Waals surface area contributed by atoms with Crippen molar-refractivity contribution < 1.29 is 0 Å². The van der Waals surface area contributed by atoms with E-state index in [2.05, 4.69) is 40.1 Å². The van der Waals surface area contributed by atoms with Gasteiger partial charge in [-0.1, -0.05) is 6.07 Å². The van der Waals surface area contributed by atoms with Gasteiger partial charge in [0.05, 0.1) is 0 Å². The van der Waals surface area contributed by atoms with E-state index in [1.807, 2.05) is 18.0 Å². The molecule has 4 heteroatoms. The van der Waals surface area contributed by atoms with E-state index in [4.69, 9.17) is 0 Å². The lowest BCUT2D eigenvalue weighted by atomic mass is 9.89. The van der Waals surface area contributed by atoms with Crippen LogP contribution in [0.2, 0.25) is 0 Å².